The first-order valence-electron chi connectivity index (χ1n) is 7.31. The van der Waals surface area contributed by atoms with Crippen LogP contribution in [0.2, 0.25) is 0 Å². The molecule has 0 spiro atoms. The minimum absolute atomic E-state index is 0.146. The highest BCUT2D eigenvalue weighted by molar-refractivity contribution is 5.02. The van der Waals surface area contributed by atoms with E-state index in [-0.39, 0.29) is 5.54 Å². The lowest BCUT2D eigenvalue weighted by molar-refractivity contribution is 0.156. The number of nitrogens with one attached hydrogen (secondary N) is 1. The molecule has 1 N–H and O–H groups in total. The van der Waals surface area contributed by atoms with Crippen molar-refractivity contribution in [3.8, 4) is 0 Å². The zero-order valence-corrected chi connectivity index (χ0v) is 13.0. The summed E-state index contributed by atoms with van der Waals surface area (Å²) in [4.78, 5) is 6.78. The fraction of sp³-hybridized carbons (Fsp3) is 0.800. The summed E-state index contributed by atoms with van der Waals surface area (Å²) in [6, 6.07) is 0.593. The average Bonchev–Trinajstić information content (AvgIpc) is 2.73. The number of aromatic nitrogens is 2. The molecule has 19 heavy (non-hydrogen) atoms. The Morgan fingerprint density at radius 3 is 2.79 bits per heavy atom. The zero-order valence-electron chi connectivity index (χ0n) is 13.0. The van der Waals surface area contributed by atoms with E-state index >= 15 is 0 Å². The van der Waals surface area contributed by atoms with Gasteiger partial charge in [-0.3, -0.25) is 0 Å². The van der Waals surface area contributed by atoms with Crippen LogP contribution in [0.15, 0.2) is 12.5 Å². The van der Waals surface area contributed by atoms with E-state index in [0.717, 1.165) is 6.54 Å². The number of rotatable bonds is 3. The molecule has 4 nitrogen and oxygen atoms in total. The van der Waals surface area contributed by atoms with Gasteiger partial charge >= 0.3 is 0 Å². The van der Waals surface area contributed by atoms with Crippen molar-refractivity contribution < 1.29 is 0 Å². The molecule has 0 amide bonds. The molecule has 2 atom stereocenters. The highest BCUT2D eigenvalue weighted by Gasteiger charge is 2.26. The van der Waals surface area contributed by atoms with Crippen molar-refractivity contribution in [3.63, 3.8) is 0 Å². The molecule has 0 aliphatic carbocycles. The normalized spacial score (nSPS) is 25.7. The Kier molecular flexibility index (Phi) is 4.31. The summed E-state index contributed by atoms with van der Waals surface area (Å²) in [5.74, 6) is 0.682. The summed E-state index contributed by atoms with van der Waals surface area (Å²) in [5, 5.41) is 3.56. The van der Waals surface area contributed by atoms with Crippen LogP contribution in [0.25, 0.3) is 0 Å². The molecule has 0 aromatic carbocycles. The minimum atomic E-state index is 0.146. The monoisotopic (exact) mass is 264 g/mol. The lowest BCUT2D eigenvalue weighted by Crippen LogP contribution is -2.39. The van der Waals surface area contributed by atoms with Crippen molar-refractivity contribution in [2.75, 3.05) is 20.1 Å². The fourth-order valence-corrected chi connectivity index (χ4v) is 2.88. The quantitative estimate of drug-likeness (QED) is 0.909. The summed E-state index contributed by atoms with van der Waals surface area (Å²) < 4.78 is 2.39. The predicted molar refractivity (Wildman–Crippen MR) is 79.1 cm³/mol. The van der Waals surface area contributed by atoms with Gasteiger partial charge in [0.1, 0.15) is 0 Å². The Balaban J connectivity index is 2.06. The highest BCUT2D eigenvalue weighted by atomic mass is 15.2. The minimum Gasteiger partial charge on any atom is -0.330 e. The summed E-state index contributed by atoms with van der Waals surface area (Å²) in [5.41, 5.74) is 1.45. The largest absolute Gasteiger partial charge is 0.330 e. The number of hydrogen-bond donors (Lipinski definition) is 1. The fourth-order valence-electron chi connectivity index (χ4n) is 2.88. The Morgan fingerprint density at radius 2 is 2.16 bits per heavy atom. The van der Waals surface area contributed by atoms with Crippen LogP contribution in [-0.2, 0) is 6.54 Å². The van der Waals surface area contributed by atoms with E-state index in [1.807, 2.05) is 12.5 Å². The van der Waals surface area contributed by atoms with Crippen LogP contribution < -0.4 is 5.32 Å². The van der Waals surface area contributed by atoms with Crippen molar-refractivity contribution in [2.24, 2.45) is 5.92 Å². The third kappa shape index (κ3) is 3.80. The molecule has 108 valence electrons. The molecule has 0 bridgehead atoms. The van der Waals surface area contributed by atoms with Gasteiger partial charge in [0, 0.05) is 30.9 Å². The molecule has 1 saturated heterocycles. The lowest BCUT2D eigenvalue weighted by Gasteiger charge is -2.36. The number of nitrogens with zero attached hydrogens (tertiary/aromatic N) is 3. The van der Waals surface area contributed by atoms with Gasteiger partial charge in [-0.2, -0.15) is 0 Å². The van der Waals surface area contributed by atoms with Crippen molar-refractivity contribution in [1.82, 2.24) is 19.8 Å². The molecule has 0 radical (unpaired) electrons. The molecule has 2 unspecified atom stereocenters. The lowest BCUT2D eigenvalue weighted by atomic mass is 9.94. The standard InChI is InChI=1S/C15H28N4/c1-12-10-18(5)7-6-14(12)19-11-16-8-13(19)9-17-15(2,3)4/h8,11-12,14,17H,6-7,9-10H2,1-5H3. The van der Waals surface area contributed by atoms with Gasteiger partial charge in [0.05, 0.1) is 12.0 Å². The number of likely N-dealkylation sites (tertiary alicyclic amines) is 1. The van der Waals surface area contributed by atoms with Crippen LogP contribution in [-0.4, -0.2) is 40.1 Å². The SMILES string of the molecule is CC1CN(C)CCC1n1cncc1CNC(C)(C)C. The summed E-state index contributed by atoms with van der Waals surface area (Å²) >= 11 is 0. The van der Waals surface area contributed by atoms with E-state index in [2.05, 4.69) is 54.5 Å². The van der Waals surface area contributed by atoms with E-state index in [1.54, 1.807) is 0 Å². The Morgan fingerprint density at radius 1 is 1.42 bits per heavy atom. The van der Waals surface area contributed by atoms with Gasteiger partial charge in [-0.1, -0.05) is 6.92 Å². The maximum absolute atomic E-state index is 4.36. The van der Waals surface area contributed by atoms with Crippen LogP contribution in [0.1, 0.15) is 45.9 Å². The van der Waals surface area contributed by atoms with Crippen LogP contribution in [0.5, 0.6) is 0 Å². The number of imidazole rings is 1. The van der Waals surface area contributed by atoms with E-state index in [0.29, 0.717) is 12.0 Å². The first-order valence-corrected chi connectivity index (χ1v) is 7.31. The molecule has 1 fully saturated rings. The average molecular weight is 264 g/mol. The Bertz CT molecular complexity index is 405. The Labute approximate surface area is 117 Å². The molecule has 2 rings (SSSR count). The maximum Gasteiger partial charge on any atom is 0.0951 e. The summed E-state index contributed by atoms with van der Waals surface area (Å²) in [6.07, 6.45) is 5.23. The second-order valence-electron chi connectivity index (χ2n) is 6.99. The smallest absolute Gasteiger partial charge is 0.0951 e. The van der Waals surface area contributed by atoms with Crippen LogP contribution in [0.3, 0.4) is 0 Å². The van der Waals surface area contributed by atoms with Crippen molar-refractivity contribution in [3.05, 3.63) is 18.2 Å². The third-order valence-electron chi connectivity index (χ3n) is 3.97. The summed E-state index contributed by atoms with van der Waals surface area (Å²) in [6.45, 7) is 12.2. The second-order valence-corrected chi connectivity index (χ2v) is 6.99. The molecule has 1 aliphatic rings. The van der Waals surface area contributed by atoms with E-state index in [9.17, 15) is 0 Å². The third-order valence-corrected chi connectivity index (χ3v) is 3.97. The van der Waals surface area contributed by atoms with Crippen molar-refractivity contribution in [2.45, 2.75) is 52.2 Å². The predicted octanol–water partition coefficient (Wildman–Crippen LogP) is 2.28. The first-order chi connectivity index (χ1) is 8.87. The highest BCUT2D eigenvalue weighted by Crippen LogP contribution is 2.28. The number of hydrogen-bond acceptors (Lipinski definition) is 3. The second kappa shape index (κ2) is 5.63. The maximum atomic E-state index is 4.36. The molecule has 1 aliphatic heterocycles. The van der Waals surface area contributed by atoms with Gasteiger partial charge in [-0.05, 0) is 46.7 Å². The van der Waals surface area contributed by atoms with Gasteiger partial charge in [-0.25, -0.2) is 4.98 Å². The van der Waals surface area contributed by atoms with E-state index in [1.165, 1.54) is 25.2 Å². The first kappa shape index (κ1) is 14.5. The molecule has 1 aromatic rings. The Hall–Kier alpha value is -0.870. The van der Waals surface area contributed by atoms with E-state index < -0.39 is 0 Å². The van der Waals surface area contributed by atoms with Crippen molar-refractivity contribution in [1.29, 1.82) is 0 Å². The molecule has 1 aromatic heterocycles. The van der Waals surface area contributed by atoms with Gasteiger partial charge < -0.3 is 14.8 Å². The van der Waals surface area contributed by atoms with Gasteiger partial charge in [0.25, 0.3) is 0 Å². The molecule has 2 heterocycles. The summed E-state index contributed by atoms with van der Waals surface area (Å²) in [7, 11) is 2.21. The molecular weight excluding hydrogens is 236 g/mol. The van der Waals surface area contributed by atoms with Gasteiger partial charge in [0.2, 0.25) is 0 Å². The topological polar surface area (TPSA) is 33.1 Å². The van der Waals surface area contributed by atoms with Crippen LogP contribution in [0, 0.1) is 5.92 Å². The van der Waals surface area contributed by atoms with Crippen LogP contribution >= 0.6 is 0 Å². The van der Waals surface area contributed by atoms with Gasteiger partial charge in [-0.15, -0.1) is 0 Å². The molecule has 4 heteroatoms. The zero-order chi connectivity index (χ0) is 14.0. The van der Waals surface area contributed by atoms with Crippen molar-refractivity contribution >= 4 is 0 Å². The number of piperidine rings is 1. The molecular formula is C15H28N4. The van der Waals surface area contributed by atoms with E-state index in [4.69, 9.17) is 0 Å². The van der Waals surface area contributed by atoms with Crippen LogP contribution in [0.4, 0.5) is 0 Å². The molecule has 0 saturated carbocycles. The van der Waals surface area contributed by atoms with Gasteiger partial charge in [0.15, 0.2) is 0 Å².